The molecule has 6 heteroatoms. The molecule has 0 aliphatic rings. The molecule has 82 valence electrons. The molecule has 1 N–H and O–H groups in total. The molecule has 0 heterocycles. The van der Waals surface area contributed by atoms with Gasteiger partial charge in [-0.1, -0.05) is 0 Å². The number of hydrogen-bond acceptors (Lipinski definition) is 2. The largest absolute Gasteiger partial charge is 0.496 e. The highest BCUT2D eigenvalue weighted by molar-refractivity contribution is 5.72. The summed E-state index contributed by atoms with van der Waals surface area (Å²) in [5, 5.41) is 2.14. The molecule has 0 unspecified atom stereocenters. The molecule has 0 aromatic heterocycles. The lowest BCUT2D eigenvalue weighted by atomic mass is 10.1. The zero-order chi connectivity index (χ0) is 11.5. The van der Waals surface area contributed by atoms with Crippen molar-refractivity contribution in [3.05, 3.63) is 23.8 Å². The lowest BCUT2D eigenvalue weighted by Gasteiger charge is -2.12. The molecule has 0 aliphatic carbocycles. The maximum atomic E-state index is 12.5. The Bertz CT molecular complexity index is 363. The summed E-state index contributed by atoms with van der Waals surface area (Å²) in [4.78, 5) is 10.1. The number of benzene rings is 1. The summed E-state index contributed by atoms with van der Waals surface area (Å²) in [7, 11) is 1.15. The van der Waals surface area contributed by atoms with E-state index in [0.29, 0.717) is 6.41 Å². The monoisotopic (exact) mass is 219 g/mol. The van der Waals surface area contributed by atoms with Crippen molar-refractivity contribution in [3.8, 4) is 5.75 Å². The number of methoxy groups -OCH3 is 1. The number of amides is 1. The Morgan fingerprint density at radius 2 is 2.07 bits per heavy atom. The van der Waals surface area contributed by atoms with Crippen LogP contribution >= 0.6 is 0 Å². The predicted molar refractivity (Wildman–Crippen MR) is 47.7 cm³/mol. The fourth-order valence-corrected chi connectivity index (χ4v) is 1.09. The fourth-order valence-electron chi connectivity index (χ4n) is 1.09. The van der Waals surface area contributed by atoms with Crippen molar-refractivity contribution < 1.29 is 22.7 Å². The number of carbonyl (C=O) groups is 1. The van der Waals surface area contributed by atoms with Crippen molar-refractivity contribution in [2.75, 3.05) is 12.4 Å². The SMILES string of the molecule is COc1ccc(NC=O)cc1C(F)(F)F. The third-order valence-corrected chi connectivity index (χ3v) is 1.73. The second-order valence-electron chi connectivity index (χ2n) is 2.68. The lowest BCUT2D eigenvalue weighted by molar-refractivity contribution is -0.138. The second kappa shape index (κ2) is 4.20. The van der Waals surface area contributed by atoms with E-state index < -0.39 is 11.7 Å². The van der Waals surface area contributed by atoms with E-state index in [4.69, 9.17) is 0 Å². The summed E-state index contributed by atoms with van der Waals surface area (Å²) in [5.74, 6) is -0.279. The Labute approximate surface area is 83.8 Å². The predicted octanol–water partition coefficient (Wildman–Crippen LogP) is 2.28. The number of anilines is 1. The minimum Gasteiger partial charge on any atom is -0.496 e. The van der Waals surface area contributed by atoms with Gasteiger partial charge in [-0.3, -0.25) is 4.79 Å². The minimum absolute atomic E-state index is 0.0677. The first kappa shape index (κ1) is 11.4. The number of ether oxygens (including phenoxy) is 1. The molecule has 1 aromatic carbocycles. The van der Waals surface area contributed by atoms with Gasteiger partial charge in [-0.2, -0.15) is 13.2 Å². The van der Waals surface area contributed by atoms with Crippen molar-refractivity contribution in [3.63, 3.8) is 0 Å². The third kappa shape index (κ3) is 2.61. The number of halogens is 3. The van der Waals surface area contributed by atoms with Crippen LogP contribution in [0.2, 0.25) is 0 Å². The zero-order valence-corrected chi connectivity index (χ0v) is 7.76. The average Bonchev–Trinajstić information content (AvgIpc) is 2.17. The first-order valence-electron chi connectivity index (χ1n) is 3.94. The van der Waals surface area contributed by atoms with Gasteiger partial charge < -0.3 is 10.1 Å². The number of nitrogens with one attached hydrogen (secondary N) is 1. The van der Waals surface area contributed by atoms with Gasteiger partial charge in [0, 0.05) is 5.69 Å². The van der Waals surface area contributed by atoms with Crippen molar-refractivity contribution >= 4 is 12.1 Å². The van der Waals surface area contributed by atoms with E-state index in [9.17, 15) is 18.0 Å². The Hall–Kier alpha value is -1.72. The van der Waals surface area contributed by atoms with Gasteiger partial charge in [0.25, 0.3) is 0 Å². The normalized spacial score (nSPS) is 10.9. The molecule has 0 spiro atoms. The smallest absolute Gasteiger partial charge is 0.420 e. The van der Waals surface area contributed by atoms with Crippen LogP contribution in [0.1, 0.15) is 5.56 Å². The zero-order valence-electron chi connectivity index (χ0n) is 7.76. The van der Waals surface area contributed by atoms with E-state index in [1.807, 2.05) is 0 Å². The maximum absolute atomic E-state index is 12.5. The van der Waals surface area contributed by atoms with Crippen molar-refractivity contribution in [2.24, 2.45) is 0 Å². The summed E-state index contributed by atoms with van der Waals surface area (Å²) in [6.45, 7) is 0. The van der Waals surface area contributed by atoms with E-state index in [2.05, 4.69) is 10.1 Å². The molecular weight excluding hydrogens is 211 g/mol. The molecule has 0 atom stereocenters. The quantitative estimate of drug-likeness (QED) is 0.792. The topological polar surface area (TPSA) is 38.3 Å². The van der Waals surface area contributed by atoms with Gasteiger partial charge >= 0.3 is 6.18 Å². The van der Waals surface area contributed by atoms with Crippen LogP contribution in [0.25, 0.3) is 0 Å². The molecule has 0 radical (unpaired) electrons. The van der Waals surface area contributed by atoms with E-state index in [1.54, 1.807) is 0 Å². The highest BCUT2D eigenvalue weighted by atomic mass is 19.4. The third-order valence-electron chi connectivity index (χ3n) is 1.73. The van der Waals surface area contributed by atoms with Gasteiger partial charge in [0.05, 0.1) is 12.7 Å². The van der Waals surface area contributed by atoms with Crippen molar-refractivity contribution in [1.82, 2.24) is 0 Å². The summed E-state index contributed by atoms with van der Waals surface area (Å²) in [6, 6.07) is 3.28. The Morgan fingerprint density at radius 1 is 1.40 bits per heavy atom. The summed E-state index contributed by atoms with van der Waals surface area (Å²) in [6.07, 6.45) is -4.20. The standard InChI is InChI=1S/C9H8F3NO2/c1-15-8-3-2-6(13-5-14)4-7(8)9(10,11)12/h2-5H,1H3,(H,13,14). The molecule has 3 nitrogen and oxygen atoms in total. The van der Waals surface area contributed by atoms with Gasteiger partial charge in [0.2, 0.25) is 6.41 Å². The van der Waals surface area contributed by atoms with Gasteiger partial charge in [-0.15, -0.1) is 0 Å². The highest BCUT2D eigenvalue weighted by Gasteiger charge is 2.34. The van der Waals surface area contributed by atoms with Crippen LogP contribution < -0.4 is 10.1 Å². The van der Waals surface area contributed by atoms with E-state index in [1.165, 1.54) is 6.07 Å². The summed E-state index contributed by atoms with van der Waals surface area (Å²) < 4.78 is 41.9. The Morgan fingerprint density at radius 3 is 2.53 bits per heavy atom. The minimum atomic E-state index is -4.51. The molecule has 1 rings (SSSR count). The number of hydrogen-bond donors (Lipinski definition) is 1. The van der Waals surface area contributed by atoms with Crippen LogP contribution in [0.15, 0.2) is 18.2 Å². The second-order valence-corrected chi connectivity index (χ2v) is 2.68. The van der Waals surface area contributed by atoms with Crippen LogP contribution in [0, 0.1) is 0 Å². The Kier molecular flexibility index (Phi) is 3.18. The first-order chi connectivity index (χ1) is 6.99. The van der Waals surface area contributed by atoms with Crippen LogP contribution in [0.5, 0.6) is 5.75 Å². The van der Waals surface area contributed by atoms with Crippen LogP contribution in [-0.2, 0) is 11.0 Å². The maximum Gasteiger partial charge on any atom is 0.420 e. The molecular formula is C9H8F3NO2. The number of alkyl halides is 3. The van der Waals surface area contributed by atoms with Crippen LogP contribution in [0.4, 0.5) is 18.9 Å². The van der Waals surface area contributed by atoms with Crippen molar-refractivity contribution in [2.45, 2.75) is 6.18 Å². The summed E-state index contributed by atoms with van der Waals surface area (Å²) >= 11 is 0. The average molecular weight is 219 g/mol. The van der Waals surface area contributed by atoms with E-state index in [-0.39, 0.29) is 11.4 Å². The van der Waals surface area contributed by atoms with E-state index in [0.717, 1.165) is 19.2 Å². The molecule has 0 aliphatic heterocycles. The molecule has 0 fully saturated rings. The molecule has 15 heavy (non-hydrogen) atoms. The van der Waals surface area contributed by atoms with E-state index >= 15 is 0 Å². The molecule has 0 saturated heterocycles. The van der Waals surface area contributed by atoms with Gasteiger partial charge in [-0.05, 0) is 18.2 Å². The fraction of sp³-hybridized carbons (Fsp3) is 0.222. The first-order valence-corrected chi connectivity index (χ1v) is 3.94. The molecule has 1 aromatic rings. The molecule has 1 amide bonds. The van der Waals surface area contributed by atoms with Crippen LogP contribution in [0.3, 0.4) is 0 Å². The molecule has 0 saturated carbocycles. The van der Waals surface area contributed by atoms with Gasteiger partial charge in [-0.25, -0.2) is 0 Å². The lowest BCUT2D eigenvalue weighted by Crippen LogP contribution is -2.08. The van der Waals surface area contributed by atoms with Crippen LogP contribution in [-0.4, -0.2) is 13.5 Å². The van der Waals surface area contributed by atoms with Gasteiger partial charge in [0.1, 0.15) is 5.75 Å². The van der Waals surface area contributed by atoms with Crippen molar-refractivity contribution in [1.29, 1.82) is 0 Å². The number of carbonyl (C=O) groups excluding carboxylic acids is 1. The Balaban J connectivity index is 3.19. The highest BCUT2D eigenvalue weighted by Crippen LogP contribution is 2.37. The molecule has 0 bridgehead atoms. The number of rotatable bonds is 3. The summed E-state index contributed by atoms with van der Waals surface area (Å²) in [5.41, 5.74) is -0.852. The van der Waals surface area contributed by atoms with Gasteiger partial charge in [0.15, 0.2) is 0 Å².